The zero-order valence-electron chi connectivity index (χ0n) is 10.6. The van der Waals surface area contributed by atoms with Crippen molar-refractivity contribution >= 4 is 11.8 Å². The van der Waals surface area contributed by atoms with Gasteiger partial charge in [-0.25, -0.2) is 0 Å². The minimum absolute atomic E-state index is 0.433. The highest BCUT2D eigenvalue weighted by Crippen LogP contribution is 2.36. The van der Waals surface area contributed by atoms with E-state index >= 15 is 0 Å². The fourth-order valence-electron chi connectivity index (χ4n) is 2.09. The minimum atomic E-state index is 0.433. The molecule has 2 atom stereocenters. The Kier molecular flexibility index (Phi) is 4.86. The van der Waals surface area contributed by atoms with Gasteiger partial charge in [-0.3, -0.25) is 0 Å². The van der Waals surface area contributed by atoms with Crippen molar-refractivity contribution < 1.29 is 4.52 Å². The predicted octanol–water partition coefficient (Wildman–Crippen LogP) is 2.57. The summed E-state index contributed by atoms with van der Waals surface area (Å²) in [4.78, 5) is 4.53. The third-order valence-corrected chi connectivity index (χ3v) is 4.65. The Hall–Kier alpha value is -0.550. The molecular weight excluding hydrogens is 234 g/mol. The summed E-state index contributed by atoms with van der Waals surface area (Å²) in [7, 11) is 1.97. The first-order valence-electron chi connectivity index (χ1n) is 6.44. The van der Waals surface area contributed by atoms with Crippen LogP contribution in [0.15, 0.2) is 4.52 Å². The maximum absolute atomic E-state index is 5.34. The Bertz CT molecular complexity index is 332. The maximum atomic E-state index is 5.34. The molecular formula is C12H21N3OS. The van der Waals surface area contributed by atoms with E-state index in [-0.39, 0.29) is 0 Å². The molecule has 0 aliphatic carbocycles. The molecule has 96 valence electrons. The standard InChI is InChI=1S/C12H21N3OS/c1-3-9(13-2)8-11-14-12(15-16-11)10-6-4-5-7-17-10/h9-10,13H,3-8H2,1-2H3. The van der Waals surface area contributed by atoms with Gasteiger partial charge in [-0.15, -0.1) is 0 Å². The van der Waals surface area contributed by atoms with Gasteiger partial charge in [0.2, 0.25) is 5.89 Å². The van der Waals surface area contributed by atoms with Crippen molar-refractivity contribution in [3.8, 4) is 0 Å². The third-order valence-electron chi connectivity index (χ3n) is 3.27. The summed E-state index contributed by atoms with van der Waals surface area (Å²) in [6.45, 7) is 2.16. The number of likely N-dealkylation sites (N-methyl/N-ethyl adjacent to an activating group) is 1. The summed E-state index contributed by atoms with van der Waals surface area (Å²) in [6, 6.07) is 0.433. The predicted molar refractivity (Wildman–Crippen MR) is 70.2 cm³/mol. The molecule has 1 saturated heterocycles. The smallest absolute Gasteiger partial charge is 0.228 e. The maximum Gasteiger partial charge on any atom is 0.228 e. The van der Waals surface area contributed by atoms with Crippen LogP contribution in [0.3, 0.4) is 0 Å². The van der Waals surface area contributed by atoms with Crippen molar-refractivity contribution in [1.82, 2.24) is 15.5 Å². The van der Waals surface area contributed by atoms with Crippen LogP contribution in [-0.2, 0) is 6.42 Å². The molecule has 2 unspecified atom stereocenters. The van der Waals surface area contributed by atoms with Crippen LogP contribution in [0, 0.1) is 0 Å². The Morgan fingerprint density at radius 3 is 3.06 bits per heavy atom. The Morgan fingerprint density at radius 1 is 1.53 bits per heavy atom. The summed E-state index contributed by atoms with van der Waals surface area (Å²) in [5, 5.41) is 7.84. The molecule has 1 aromatic heterocycles. The highest BCUT2D eigenvalue weighted by molar-refractivity contribution is 7.99. The average molecular weight is 255 g/mol. The highest BCUT2D eigenvalue weighted by atomic mass is 32.2. The molecule has 4 nitrogen and oxygen atoms in total. The van der Waals surface area contributed by atoms with Gasteiger partial charge in [-0.1, -0.05) is 18.5 Å². The van der Waals surface area contributed by atoms with Crippen LogP contribution in [0.25, 0.3) is 0 Å². The van der Waals surface area contributed by atoms with Crippen LogP contribution >= 0.6 is 11.8 Å². The van der Waals surface area contributed by atoms with E-state index in [1.54, 1.807) is 0 Å². The molecule has 1 N–H and O–H groups in total. The van der Waals surface area contributed by atoms with Gasteiger partial charge in [0.15, 0.2) is 5.82 Å². The molecule has 1 aliphatic heterocycles. The monoisotopic (exact) mass is 255 g/mol. The van der Waals surface area contributed by atoms with Gasteiger partial charge >= 0.3 is 0 Å². The lowest BCUT2D eigenvalue weighted by Gasteiger charge is -2.17. The van der Waals surface area contributed by atoms with Gasteiger partial charge in [-0.2, -0.15) is 16.7 Å². The van der Waals surface area contributed by atoms with Crippen LogP contribution in [0.4, 0.5) is 0 Å². The van der Waals surface area contributed by atoms with Crippen molar-refractivity contribution in [2.75, 3.05) is 12.8 Å². The van der Waals surface area contributed by atoms with Gasteiger partial charge in [0.1, 0.15) is 0 Å². The number of nitrogens with one attached hydrogen (secondary N) is 1. The van der Waals surface area contributed by atoms with Crippen LogP contribution in [-0.4, -0.2) is 29.0 Å². The second-order valence-corrected chi connectivity index (χ2v) is 5.81. The summed E-state index contributed by atoms with van der Waals surface area (Å²) in [5.41, 5.74) is 0. The largest absolute Gasteiger partial charge is 0.339 e. The normalized spacial score (nSPS) is 22.6. The molecule has 2 heterocycles. The molecule has 0 aromatic carbocycles. The first-order valence-corrected chi connectivity index (χ1v) is 7.49. The Morgan fingerprint density at radius 2 is 2.41 bits per heavy atom. The SMILES string of the molecule is CCC(Cc1nc(C2CCCCS2)no1)NC. The third kappa shape index (κ3) is 3.45. The van der Waals surface area contributed by atoms with Crippen LogP contribution < -0.4 is 5.32 Å². The Balaban J connectivity index is 1.94. The second-order valence-electron chi connectivity index (χ2n) is 4.50. The number of hydrogen-bond acceptors (Lipinski definition) is 5. The summed E-state index contributed by atoms with van der Waals surface area (Å²) < 4.78 is 5.34. The molecule has 1 aliphatic rings. The molecule has 0 saturated carbocycles. The lowest BCUT2D eigenvalue weighted by atomic mass is 10.1. The Labute approximate surface area is 107 Å². The molecule has 1 aromatic rings. The number of rotatable bonds is 5. The summed E-state index contributed by atoms with van der Waals surface area (Å²) >= 11 is 1.96. The lowest BCUT2D eigenvalue weighted by molar-refractivity contribution is 0.354. The first-order chi connectivity index (χ1) is 8.33. The van der Waals surface area contributed by atoms with Crippen molar-refractivity contribution in [2.24, 2.45) is 0 Å². The van der Waals surface area contributed by atoms with E-state index in [1.165, 1.54) is 25.0 Å². The van der Waals surface area contributed by atoms with Crippen LogP contribution in [0.5, 0.6) is 0 Å². The van der Waals surface area contributed by atoms with Crippen molar-refractivity contribution in [1.29, 1.82) is 0 Å². The number of thioether (sulfide) groups is 1. The van der Waals surface area contributed by atoms with Gasteiger partial charge in [-0.05, 0) is 32.1 Å². The lowest BCUT2D eigenvalue weighted by Crippen LogP contribution is -2.26. The molecule has 0 spiro atoms. The highest BCUT2D eigenvalue weighted by Gasteiger charge is 2.22. The second kappa shape index (κ2) is 6.40. The van der Waals surface area contributed by atoms with Gasteiger partial charge in [0.05, 0.1) is 5.25 Å². The molecule has 0 amide bonds. The van der Waals surface area contributed by atoms with E-state index in [4.69, 9.17) is 4.52 Å². The van der Waals surface area contributed by atoms with Crippen molar-refractivity contribution in [3.05, 3.63) is 11.7 Å². The molecule has 17 heavy (non-hydrogen) atoms. The topological polar surface area (TPSA) is 51.0 Å². The molecule has 0 radical (unpaired) electrons. The fourth-order valence-corrected chi connectivity index (χ4v) is 3.32. The van der Waals surface area contributed by atoms with Crippen molar-refractivity contribution in [3.63, 3.8) is 0 Å². The zero-order chi connectivity index (χ0) is 12.1. The van der Waals surface area contributed by atoms with E-state index in [1.807, 2.05) is 18.8 Å². The first kappa shape index (κ1) is 12.9. The zero-order valence-corrected chi connectivity index (χ0v) is 11.4. The van der Waals surface area contributed by atoms with E-state index in [0.29, 0.717) is 11.3 Å². The summed E-state index contributed by atoms with van der Waals surface area (Å²) in [5.74, 6) is 2.89. The molecule has 2 rings (SSSR count). The quantitative estimate of drug-likeness (QED) is 0.876. The van der Waals surface area contributed by atoms with E-state index in [2.05, 4.69) is 22.4 Å². The van der Waals surface area contributed by atoms with E-state index in [9.17, 15) is 0 Å². The van der Waals surface area contributed by atoms with Crippen LogP contribution in [0.1, 0.15) is 49.6 Å². The van der Waals surface area contributed by atoms with E-state index in [0.717, 1.165) is 24.6 Å². The molecule has 1 fully saturated rings. The average Bonchev–Trinajstić information content (AvgIpc) is 2.85. The molecule has 5 heteroatoms. The van der Waals surface area contributed by atoms with Gasteiger partial charge in [0.25, 0.3) is 0 Å². The fraction of sp³-hybridized carbons (Fsp3) is 0.833. The van der Waals surface area contributed by atoms with Gasteiger partial charge in [0, 0.05) is 12.5 Å². The number of hydrogen-bond donors (Lipinski definition) is 1. The van der Waals surface area contributed by atoms with Gasteiger partial charge < -0.3 is 9.84 Å². The van der Waals surface area contributed by atoms with E-state index < -0.39 is 0 Å². The number of nitrogens with zero attached hydrogens (tertiary/aromatic N) is 2. The summed E-state index contributed by atoms with van der Waals surface area (Å²) in [6.07, 6.45) is 5.70. The van der Waals surface area contributed by atoms with Crippen molar-refractivity contribution in [2.45, 2.75) is 50.3 Å². The molecule has 0 bridgehead atoms. The minimum Gasteiger partial charge on any atom is -0.339 e. The van der Waals surface area contributed by atoms with Crippen LogP contribution in [0.2, 0.25) is 0 Å². The number of aromatic nitrogens is 2.